The van der Waals surface area contributed by atoms with E-state index in [9.17, 15) is 9.90 Å². The molecule has 3 rings (SSSR count). The predicted molar refractivity (Wildman–Crippen MR) is 90.2 cm³/mol. The summed E-state index contributed by atoms with van der Waals surface area (Å²) in [5.74, 6) is -0.233. The third-order valence-electron chi connectivity index (χ3n) is 4.40. The highest BCUT2D eigenvalue weighted by molar-refractivity contribution is 6.33. The molecule has 128 valence electrons. The molecular formula is C17H20ClN3O3. The second kappa shape index (κ2) is 6.93. The lowest BCUT2D eigenvalue weighted by Gasteiger charge is -2.42. The number of nitrogens with one attached hydrogen (secondary N) is 1. The van der Waals surface area contributed by atoms with E-state index in [1.807, 2.05) is 31.2 Å². The molecular weight excluding hydrogens is 330 g/mol. The van der Waals surface area contributed by atoms with E-state index in [-0.39, 0.29) is 18.2 Å². The largest absolute Gasteiger partial charge is 0.393 e. The van der Waals surface area contributed by atoms with Crippen molar-refractivity contribution in [1.82, 2.24) is 15.1 Å². The number of amides is 1. The summed E-state index contributed by atoms with van der Waals surface area (Å²) in [5.41, 5.74) is 1.68. The number of ether oxygens (including phenoxy) is 1. The SMILES string of the molecule is Cc1ccccc1C[C@@]1(CO)CN(C(=O)c2[nH]ncc2Cl)CCO1. The number of carbonyl (C=O) groups excluding carboxylic acids is 1. The van der Waals surface area contributed by atoms with Crippen LogP contribution < -0.4 is 0 Å². The van der Waals surface area contributed by atoms with E-state index >= 15 is 0 Å². The maximum atomic E-state index is 12.6. The number of aliphatic hydroxyl groups excluding tert-OH is 1. The maximum absolute atomic E-state index is 12.6. The molecule has 2 N–H and O–H groups in total. The van der Waals surface area contributed by atoms with Crippen LogP contribution in [0.2, 0.25) is 5.02 Å². The highest BCUT2D eigenvalue weighted by Crippen LogP contribution is 2.26. The average molecular weight is 350 g/mol. The monoisotopic (exact) mass is 349 g/mol. The fourth-order valence-corrected chi connectivity index (χ4v) is 3.18. The molecule has 0 unspecified atom stereocenters. The molecule has 6 nitrogen and oxygen atoms in total. The van der Waals surface area contributed by atoms with Crippen molar-refractivity contribution in [3.8, 4) is 0 Å². The number of H-pyrrole nitrogens is 1. The van der Waals surface area contributed by atoms with Gasteiger partial charge in [-0.1, -0.05) is 35.9 Å². The Bertz CT molecular complexity index is 733. The van der Waals surface area contributed by atoms with Crippen molar-refractivity contribution < 1.29 is 14.6 Å². The lowest BCUT2D eigenvalue weighted by molar-refractivity contribution is -0.123. The van der Waals surface area contributed by atoms with Crippen molar-refractivity contribution in [3.05, 3.63) is 52.3 Å². The minimum absolute atomic E-state index is 0.165. The Hall–Kier alpha value is -1.89. The number of aromatic nitrogens is 2. The first-order chi connectivity index (χ1) is 11.5. The van der Waals surface area contributed by atoms with E-state index in [1.54, 1.807) is 4.90 Å². The number of aliphatic hydroxyl groups is 1. The third-order valence-corrected chi connectivity index (χ3v) is 4.69. The Labute approximate surface area is 145 Å². The summed E-state index contributed by atoms with van der Waals surface area (Å²) in [7, 11) is 0. The van der Waals surface area contributed by atoms with Crippen molar-refractivity contribution in [1.29, 1.82) is 0 Å². The minimum atomic E-state index is -0.813. The maximum Gasteiger partial charge on any atom is 0.273 e. The quantitative estimate of drug-likeness (QED) is 0.882. The molecule has 1 amide bonds. The second-order valence-corrected chi connectivity index (χ2v) is 6.52. The summed E-state index contributed by atoms with van der Waals surface area (Å²) in [6.45, 7) is 2.97. The summed E-state index contributed by atoms with van der Waals surface area (Å²) in [6.07, 6.45) is 1.94. The molecule has 0 bridgehead atoms. The first-order valence-corrected chi connectivity index (χ1v) is 8.20. The highest BCUT2D eigenvalue weighted by atomic mass is 35.5. The van der Waals surface area contributed by atoms with Gasteiger partial charge in [-0.3, -0.25) is 9.89 Å². The van der Waals surface area contributed by atoms with Crippen LogP contribution in [0.3, 0.4) is 0 Å². The van der Waals surface area contributed by atoms with E-state index < -0.39 is 5.60 Å². The number of nitrogens with zero attached hydrogens (tertiary/aromatic N) is 2. The Morgan fingerprint density at radius 2 is 2.29 bits per heavy atom. The van der Waals surface area contributed by atoms with E-state index in [0.717, 1.165) is 11.1 Å². The molecule has 1 aromatic carbocycles. The summed E-state index contributed by atoms with van der Waals surface area (Å²) < 4.78 is 5.90. The van der Waals surface area contributed by atoms with Gasteiger partial charge in [-0.25, -0.2) is 0 Å². The molecule has 1 atom stereocenters. The van der Waals surface area contributed by atoms with Crippen LogP contribution in [-0.2, 0) is 11.2 Å². The fraction of sp³-hybridized carbons (Fsp3) is 0.412. The van der Waals surface area contributed by atoms with Gasteiger partial charge in [-0.05, 0) is 18.1 Å². The van der Waals surface area contributed by atoms with Gasteiger partial charge in [-0.2, -0.15) is 5.10 Å². The van der Waals surface area contributed by atoms with Crippen LogP contribution in [0.25, 0.3) is 0 Å². The fourth-order valence-electron chi connectivity index (χ4n) is 3.01. The zero-order chi connectivity index (χ0) is 17.2. The standard InChI is InChI=1S/C17H20ClN3O3/c1-12-4-2-3-5-13(12)8-17(11-22)10-21(6-7-24-17)16(23)15-14(18)9-19-20-15/h2-5,9,22H,6-8,10-11H2,1H3,(H,19,20)/t17-/m0/s1. The number of halogens is 1. The van der Waals surface area contributed by atoms with Gasteiger partial charge in [0.25, 0.3) is 5.91 Å². The predicted octanol–water partition coefficient (Wildman–Crippen LogP) is 1.82. The zero-order valence-electron chi connectivity index (χ0n) is 13.5. The molecule has 0 saturated carbocycles. The number of hydrogen-bond acceptors (Lipinski definition) is 4. The van der Waals surface area contributed by atoms with Gasteiger partial charge in [0, 0.05) is 13.0 Å². The first kappa shape index (κ1) is 17.0. The average Bonchev–Trinajstić information content (AvgIpc) is 3.02. The summed E-state index contributed by atoms with van der Waals surface area (Å²) in [6, 6.07) is 7.98. The van der Waals surface area contributed by atoms with E-state index in [0.29, 0.717) is 31.1 Å². The Morgan fingerprint density at radius 1 is 1.50 bits per heavy atom. The van der Waals surface area contributed by atoms with Gasteiger partial charge < -0.3 is 14.7 Å². The molecule has 24 heavy (non-hydrogen) atoms. The normalized spacial score (nSPS) is 21.0. The third kappa shape index (κ3) is 3.31. The summed E-state index contributed by atoms with van der Waals surface area (Å²) in [4.78, 5) is 14.3. The number of aryl methyl sites for hydroxylation is 1. The Morgan fingerprint density at radius 3 is 2.96 bits per heavy atom. The lowest BCUT2D eigenvalue weighted by atomic mass is 9.91. The van der Waals surface area contributed by atoms with Gasteiger partial charge in [0.1, 0.15) is 11.3 Å². The summed E-state index contributed by atoms with van der Waals surface area (Å²) >= 11 is 5.99. The van der Waals surface area contributed by atoms with Gasteiger partial charge in [-0.15, -0.1) is 0 Å². The van der Waals surface area contributed by atoms with E-state index in [1.165, 1.54) is 6.20 Å². The van der Waals surface area contributed by atoms with Gasteiger partial charge in [0.2, 0.25) is 0 Å². The molecule has 1 saturated heterocycles. The summed E-state index contributed by atoms with van der Waals surface area (Å²) in [5, 5.41) is 16.7. The van der Waals surface area contributed by atoms with Crippen LogP contribution in [0.5, 0.6) is 0 Å². The molecule has 2 heterocycles. The van der Waals surface area contributed by atoms with E-state index in [2.05, 4.69) is 10.2 Å². The van der Waals surface area contributed by atoms with Gasteiger partial charge >= 0.3 is 0 Å². The Balaban J connectivity index is 1.81. The molecule has 1 aliphatic rings. The molecule has 0 radical (unpaired) electrons. The van der Waals surface area contributed by atoms with Crippen molar-refractivity contribution in [2.24, 2.45) is 0 Å². The molecule has 7 heteroatoms. The molecule has 0 aliphatic carbocycles. The molecule has 1 aliphatic heterocycles. The number of morpholine rings is 1. The first-order valence-electron chi connectivity index (χ1n) is 7.82. The van der Waals surface area contributed by atoms with Crippen LogP contribution in [0, 0.1) is 6.92 Å². The molecule has 0 spiro atoms. The van der Waals surface area contributed by atoms with Crippen molar-refractivity contribution in [2.75, 3.05) is 26.3 Å². The van der Waals surface area contributed by atoms with Crippen molar-refractivity contribution in [2.45, 2.75) is 18.9 Å². The number of carbonyl (C=O) groups is 1. The van der Waals surface area contributed by atoms with Gasteiger partial charge in [0.15, 0.2) is 0 Å². The van der Waals surface area contributed by atoms with Crippen LogP contribution in [0.4, 0.5) is 0 Å². The number of rotatable bonds is 4. The molecule has 1 aromatic heterocycles. The highest BCUT2D eigenvalue weighted by Gasteiger charge is 2.39. The topological polar surface area (TPSA) is 78.5 Å². The molecule has 2 aromatic rings. The smallest absolute Gasteiger partial charge is 0.273 e. The number of aromatic amines is 1. The van der Waals surface area contributed by atoms with Crippen LogP contribution in [0.15, 0.2) is 30.5 Å². The number of hydrogen-bond donors (Lipinski definition) is 2. The number of benzene rings is 1. The second-order valence-electron chi connectivity index (χ2n) is 6.11. The van der Waals surface area contributed by atoms with Crippen LogP contribution >= 0.6 is 11.6 Å². The van der Waals surface area contributed by atoms with Crippen LogP contribution in [-0.4, -0.2) is 58.0 Å². The van der Waals surface area contributed by atoms with Gasteiger partial charge in [0.05, 0.1) is 31.0 Å². The Kier molecular flexibility index (Phi) is 4.89. The van der Waals surface area contributed by atoms with Crippen molar-refractivity contribution in [3.63, 3.8) is 0 Å². The lowest BCUT2D eigenvalue weighted by Crippen LogP contribution is -2.57. The zero-order valence-corrected chi connectivity index (χ0v) is 14.2. The minimum Gasteiger partial charge on any atom is -0.393 e. The van der Waals surface area contributed by atoms with Crippen molar-refractivity contribution >= 4 is 17.5 Å². The van der Waals surface area contributed by atoms with Crippen LogP contribution in [0.1, 0.15) is 21.6 Å². The van der Waals surface area contributed by atoms with E-state index in [4.69, 9.17) is 16.3 Å². The molecule has 1 fully saturated rings.